The Hall–Kier alpha value is -0.890. The van der Waals surface area contributed by atoms with E-state index in [2.05, 4.69) is 20.5 Å². The second-order valence-electron chi connectivity index (χ2n) is 6.93. The number of nitrogens with zero attached hydrogens (tertiary/aromatic N) is 2. The lowest BCUT2D eigenvalue weighted by Gasteiger charge is -2.33. The first kappa shape index (κ1) is 19.4. The highest BCUT2D eigenvalue weighted by Crippen LogP contribution is 2.14. The minimum atomic E-state index is -0.839. The molecule has 0 spiro atoms. The molecule has 0 aromatic heterocycles. The Morgan fingerprint density at radius 1 is 1.29 bits per heavy atom. The van der Waals surface area contributed by atoms with Gasteiger partial charge in [-0.2, -0.15) is 0 Å². The normalized spacial score (nSPS) is 25.5. The van der Waals surface area contributed by atoms with Crippen molar-refractivity contribution in [1.82, 2.24) is 15.5 Å². The minimum Gasteiger partial charge on any atom is -0.387 e. The SMILES string of the molecule is CCNC(=NCC(C)(O)CN1CCOCC1)NCCC1CCCO1. The maximum absolute atomic E-state index is 10.6. The molecule has 2 saturated heterocycles. The summed E-state index contributed by atoms with van der Waals surface area (Å²) in [7, 11) is 0. The monoisotopic (exact) mass is 342 g/mol. The summed E-state index contributed by atoms with van der Waals surface area (Å²) in [5.74, 6) is 0.762. The average Bonchev–Trinajstić information content (AvgIpc) is 3.06. The maximum Gasteiger partial charge on any atom is 0.191 e. The third kappa shape index (κ3) is 7.34. The van der Waals surface area contributed by atoms with Crippen LogP contribution in [-0.4, -0.2) is 86.8 Å². The molecule has 2 aliphatic heterocycles. The predicted molar refractivity (Wildman–Crippen MR) is 95.5 cm³/mol. The van der Waals surface area contributed by atoms with E-state index in [9.17, 15) is 5.11 Å². The van der Waals surface area contributed by atoms with Crippen LogP contribution in [0.4, 0.5) is 0 Å². The van der Waals surface area contributed by atoms with Crippen molar-refractivity contribution in [2.75, 3.05) is 59.1 Å². The molecule has 140 valence electrons. The van der Waals surface area contributed by atoms with Crippen molar-refractivity contribution in [3.8, 4) is 0 Å². The molecular formula is C17H34N4O3. The highest BCUT2D eigenvalue weighted by atomic mass is 16.5. The third-order valence-electron chi connectivity index (χ3n) is 4.37. The Labute approximate surface area is 145 Å². The van der Waals surface area contributed by atoms with Crippen LogP contribution in [0.3, 0.4) is 0 Å². The van der Waals surface area contributed by atoms with Crippen LogP contribution in [0.25, 0.3) is 0 Å². The molecule has 2 fully saturated rings. The van der Waals surface area contributed by atoms with Crippen LogP contribution in [0, 0.1) is 0 Å². The lowest BCUT2D eigenvalue weighted by molar-refractivity contribution is -0.0180. The molecule has 2 unspecified atom stereocenters. The Kier molecular flexibility index (Phi) is 8.24. The molecule has 0 aliphatic carbocycles. The topological polar surface area (TPSA) is 78.4 Å². The third-order valence-corrected chi connectivity index (χ3v) is 4.37. The number of rotatable bonds is 8. The van der Waals surface area contributed by atoms with Crippen molar-refractivity contribution in [3.05, 3.63) is 0 Å². The molecule has 0 radical (unpaired) electrons. The fraction of sp³-hybridized carbons (Fsp3) is 0.941. The number of hydrogen-bond donors (Lipinski definition) is 3. The summed E-state index contributed by atoms with van der Waals surface area (Å²) < 4.78 is 11.0. The smallest absolute Gasteiger partial charge is 0.191 e. The van der Waals surface area contributed by atoms with Crippen molar-refractivity contribution < 1.29 is 14.6 Å². The Morgan fingerprint density at radius 2 is 2.08 bits per heavy atom. The van der Waals surface area contributed by atoms with E-state index in [4.69, 9.17) is 9.47 Å². The molecule has 0 bridgehead atoms. The van der Waals surface area contributed by atoms with Gasteiger partial charge in [-0.3, -0.25) is 9.89 Å². The van der Waals surface area contributed by atoms with Crippen LogP contribution in [0.5, 0.6) is 0 Å². The second-order valence-corrected chi connectivity index (χ2v) is 6.93. The lowest BCUT2D eigenvalue weighted by Crippen LogP contribution is -2.48. The Balaban J connectivity index is 1.74. The summed E-state index contributed by atoms with van der Waals surface area (Å²) in [5, 5.41) is 17.2. The highest BCUT2D eigenvalue weighted by Gasteiger charge is 2.25. The van der Waals surface area contributed by atoms with Gasteiger partial charge in [-0.25, -0.2) is 0 Å². The molecule has 0 aromatic rings. The van der Waals surface area contributed by atoms with E-state index < -0.39 is 5.60 Å². The minimum absolute atomic E-state index is 0.375. The van der Waals surface area contributed by atoms with Crippen LogP contribution in [-0.2, 0) is 9.47 Å². The zero-order chi connectivity index (χ0) is 17.3. The molecule has 2 heterocycles. The Bertz CT molecular complexity index is 378. The zero-order valence-electron chi connectivity index (χ0n) is 15.2. The number of aliphatic imine (C=N–C) groups is 1. The first-order valence-electron chi connectivity index (χ1n) is 9.25. The van der Waals surface area contributed by atoms with Gasteiger partial charge in [-0.15, -0.1) is 0 Å². The first-order valence-corrected chi connectivity index (χ1v) is 9.25. The molecule has 0 amide bonds. The second kappa shape index (κ2) is 10.2. The number of guanidine groups is 1. The van der Waals surface area contributed by atoms with Gasteiger partial charge < -0.3 is 25.2 Å². The number of ether oxygens (including phenoxy) is 2. The van der Waals surface area contributed by atoms with Gasteiger partial charge in [-0.1, -0.05) is 0 Å². The fourth-order valence-electron chi connectivity index (χ4n) is 3.11. The molecule has 24 heavy (non-hydrogen) atoms. The van der Waals surface area contributed by atoms with Gasteiger partial charge in [0.1, 0.15) is 0 Å². The Morgan fingerprint density at radius 3 is 2.75 bits per heavy atom. The van der Waals surface area contributed by atoms with Crippen LogP contribution in [0.1, 0.15) is 33.1 Å². The van der Waals surface area contributed by atoms with E-state index in [1.54, 1.807) is 0 Å². The van der Waals surface area contributed by atoms with E-state index in [1.165, 1.54) is 6.42 Å². The molecule has 2 rings (SSSR count). The molecule has 2 atom stereocenters. The number of β-amino-alcohol motifs (C(OH)–C–C–N with tert-alkyl or cyclic N) is 1. The summed E-state index contributed by atoms with van der Waals surface area (Å²) in [6, 6.07) is 0. The van der Waals surface area contributed by atoms with Gasteiger partial charge >= 0.3 is 0 Å². The van der Waals surface area contributed by atoms with Gasteiger partial charge in [0.25, 0.3) is 0 Å². The number of nitrogens with one attached hydrogen (secondary N) is 2. The van der Waals surface area contributed by atoms with Crippen molar-refractivity contribution in [3.63, 3.8) is 0 Å². The molecule has 2 aliphatic rings. The first-order chi connectivity index (χ1) is 11.6. The summed E-state index contributed by atoms with van der Waals surface area (Å²) in [4.78, 5) is 6.79. The fourth-order valence-corrected chi connectivity index (χ4v) is 3.11. The summed E-state index contributed by atoms with van der Waals surface area (Å²) >= 11 is 0. The van der Waals surface area contributed by atoms with E-state index in [0.29, 0.717) is 19.2 Å². The van der Waals surface area contributed by atoms with E-state index >= 15 is 0 Å². The molecule has 7 nitrogen and oxygen atoms in total. The van der Waals surface area contributed by atoms with Crippen LogP contribution in [0.15, 0.2) is 4.99 Å². The van der Waals surface area contributed by atoms with Gasteiger partial charge in [0, 0.05) is 39.3 Å². The summed E-state index contributed by atoms with van der Waals surface area (Å²) in [5.41, 5.74) is -0.839. The number of morpholine rings is 1. The summed E-state index contributed by atoms with van der Waals surface area (Å²) in [6.07, 6.45) is 3.70. The van der Waals surface area contributed by atoms with Crippen LogP contribution in [0.2, 0.25) is 0 Å². The van der Waals surface area contributed by atoms with Gasteiger partial charge in [0.2, 0.25) is 0 Å². The van der Waals surface area contributed by atoms with E-state index in [-0.39, 0.29) is 0 Å². The summed E-state index contributed by atoms with van der Waals surface area (Å²) in [6.45, 7) is 10.7. The molecular weight excluding hydrogens is 308 g/mol. The largest absolute Gasteiger partial charge is 0.387 e. The average molecular weight is 342 g/mol. The van der Waals surface area contributed by atoms with Crippen LogP contribution >= 0.6 is 0 Å². The number of hydrogen-bond acceptors (Lipinski definition) is 5. The van der Waals surface area contributed by atoms with Gasteiger partial charge in [-0.05, 0) is 33.1 Å². The zero-order valence-corrected chi connectivity index (χ0v) is 15.2. The van der Waals surface area contributed by atoms with Crippen molar-refractivity contribution >= 4 is 5.96 Å². The number of aliphatic hydroxyl groups is 1. The molecule has 0 aromatic carbocycles. The van der Waals surface area contributed by atoms with Crippen LogP contribution < -0.4 is 10.6 Å². The van der Waals surface area contributed by atoms with Gasteiger partial charge in [0.05, 0.1) is 31.5 Å². The maximum atomic E-state index is 10.6. The van der Waals surface area contributed by atoms with E-state index in [0.717, 1.165) is 64.8 Å². The quantitative estimate of drug-likeness (QED) is 0.432. The highest BCUT2D eigenvalue weighted by molar-refractivity contribution is 5.79. The molecule has 0 saturated carbocycles. The lowest BCUT2D eigenvalue weighted by atomic mass is 10.1. The molecule has 3 N–H and O–H groups in total. The predicted octanol–water partition coefficient (Wildman–Crippen LogP) is 0.194. The molecule has 7 heteroatoms. The van der Waals surface area contributed by atoms with Gasteiger partial charge in [0.15, 0.2) is 5.96 Å². The van der Waals surface area contributed by atoms with Crippen molar-refractivity contribution in [1.29, 1.82) is 0 Å². The van der Waals surface area contributed by atoms with Crippen molar-refractivity contribution in [2.45, 2.75) is 44.8 Å². The van der Waals surface area contributed by atoms with E-state index in [1.807, 2.05) is 13.8 Å². The van der Waals surface area contributed by atoms with Crippen molar-refractivity contribution in [2.24, 2.45) is 4.99 Å². The standard InChI is InChI=1S/C17H34N4O3/c1-3-18-16(19-7-6-15-5-4-10-24-15)20-13-17(2,22)14-21-8-11-23-12-9-21/h15,22H,3-14H2,1-2H3,(H2,18,19,20).